The molecule has 41 heavy (non-hydrogen) atoms. The highest BCUT2D eigenvalue weighted by Gasteiger charge is 2.34. The van der Waals surface area contributed by atoms with Crippen molar-refractivity contribution in [1.29, 1.82) is 0 Å². The van der Waals surface area contributed by atoms with Gasteiger partial charge in [0.15, 0.2) is 11.6 Å². The highest BCUT2D eigenvalue weighted by molar-refractivity contribution is 9.10. The minimum Gasteiger partial charge on any atom is -0.511 e. The molecule has 1 N–H and O–H groups in total. The molecule has 2 atom stereocenters. The van der Waals surface area contributed by atoms with E-state index in [2.05, 4.69) is 21.1 Å². The fourth-order valence-corrected chi connectivity index (χ4v) is 6.15. The maximum Gasteiger partial charge on any atom is 0.168 e. The lowest BCUT2D eigenvalue weighted by Crippen LogP contribution is -2.26. The molecule has 2 aliphatic carbocycles. The third-order valence-corrected chi connectivity index (χ3v) is 8.46. The average molecular weight is 610 g/mol. The number of carbonyl (C=O) groups excluding carboxylic acids is 2. The lowest BCUT2D eigenvalue weighted by atomic mass is 9.78. The molecule has 2 unspecified atom stereocenters. The molecule has 0 radical (unpaired) electrons. The zero-order valence-electron chi connectivity index (χ0n) is 22.4. The van der Waals surface area contributed by atoms with E-state index in [0.717, 1.165) is 15.6 Å². The SMILES string of the molecule is O=C1CC(c2ccccc2)CC(=Nc2ccc(Br)cc2)C1=C(O)CCc1noc2c1C(=O)CC(c1ccccc1)C2. The number of aliphatic hydroxyl groups is 1. The molecule has 0 aliphatic heterocycles. The summed E-state index contributed by atoms with van der Waals surface area (Å²) in [5.74, 6) is 0.464. The van der Waals surface area contributed by atoms with Crippen molar-refractivity contribution in [2.24, 2.45) is 4.99 Å². The molecule has 1 saturated carbocycles. The Morgan fingerprint density at radius 2 is 1.44 bits per heavy atom. The molecule has 6 rings (SSSR count). The first-order valence-corrected chi connectivity index (χ1v) is 14.6. The number of aliphatic imine (C=N–C) groups is 1. The van der Waals surface area contributed by atoms with Gasteiger partial charge in [-0.3, -0.25) is 14.6 Å². The molecule has 0 saturated heterocycles. The molecule has 0 bridgehead atoms. The van der Waals surface area contributed by atoms with E-state index >= 15 is 0 Å². The molecule has 0 spiro atoms. The van der Waals surface area contributed by atoms with Crippen molar-refractivity contribution in [3.8, 4) is 0 Å². The van der Waals surface area contributed by atoms with Gasteiger partial charge in [0.1, 0.15) is 11.5 Å². The number of aliphatic hydroxyl groups excluding tert-OH is 1. The number of Topliss-reactive ketones (excluding diaryl/α,β-unsaturated/α-hetero) is 2. The van der Waals surface area contributed by atoms with Crippen molar-refractivity contribution in [3.05, 3.63) is 129 Å². The zero-order valence-corrected chi connectivity index (χ0v) is 24.0. The quantitative estimate of drug-likeness (QED) is 0.177. The molecule has 0 amide bonds. The number of carbonyl (C=O) groups is 2. The number of aryl methyl sites for hydroxylation is 1. The Kier molecular flexibility index (Phi) is 7.79. The second kappa shape index (κ2) is 11.8. The summed E-state index contributed by atoms with van der Waals surface area (Å²) in [5, 5.41) is 15.5. The van der Waals surface area contributed by atoms with Crippen LogP contribution in [0.5, 0.6) is 0 Å². The molecular formula is C34H29BrN2O4. The fourth-order valence-electron chi connectivity index (χ4n) is 5.89. The van der Waals surface area contributed by atoms with Crippen molar-refractivity contribution in [3.63, 3.8) is 0 Å². The summed E-state index contributed by atoms with van der Waals surface area (Å²) in [6, 6.07) is 27.4. The monoisotopic (exact) mass is 608 g/mol. The lowest BCUT2D eigenvalue weighted by molar-refractivity contribution is -0.116. The second-order valence-corrected chi connectivity index (χ2v) is 11.6. The van der Waals surface area contributed by atoms with Crippen molar-refractivity contribution < 1.29 is 19.2 Å². The zero-order chi connectivity index (χ0) is 28.3. The maximum atomic E-state index is 13.5. The number of fused-ring (bicyclic) bond motifs is 1. The van der Waals surface area contributed by atoms with Crippen LogP contribution in [0.4, 0.5) is 5.69 Å². The number of allylic oxidation sites excluding steroid dienone is 2. The summed E-state index contributed by atoms with van der Waals surface area (Å²) >= 11 is 3.45. The van der Waals surface area contributed by atoms with Gasteiger partial charge in [-0.05, 0) is 53.6 Å². The van der Waals surface area contributed by atoms with E-state index in [1.165, 1.54) is 0 Å². The topological polar surface area (TPSA) is 92.8 Å². The van der Waals surface area contributed by atoms with E-state index in [1.54, 1.807) is 0 Å². The van der Waals surface area contributed by atoms with Crippen molar-refractivity contribution in [2.75, 3.05) is 0 Å². The molecule has 1 aromatic heterocycles. The van der Waals surface area contributed by atoms with Crippen LogP contribution < -0.4 is 0 Å². The molecule has 7 heteroatoms. The summed E-state index contributed by atoms with van der Waals surface area (Å²) in [7, 11) is 0. The van der Waals surface area contributed by atoms with Crippen LogP contribution in [0.1, 0.15) is 70.5 Å². The highest BCUT2D eigenvalue weighted by Crippen LogP contribution is 2.37. The minimum absolute atomic E-state index is 0.000400. The average Bonchev–Trinajstić information content (AvgIpc) is 3.41. The number of hydrogen-bond acceptors (Lipinski definition) is 6. The predicted molar refractivity (Wildman–Crippen MR) is 161 cm³/mol. The van der Waals surface area contributed by atoms with Crippen LogP contribution in [-0.2, 0) is 17.6 Å². The van der Waals surface area contributed by atoms with Gasteiger partial charge < -0.3 is 9.63 Å². The molecular weight excluding hydrogens is 580 g/mol. The Morgan fingerprint density at radius 1 is 0.829 bits per heavy atom. The van der Waals surface area contributed by atoms with E-state index in [1.807, 2.05) is 84.9 Å². The van der Waals surface area contributed by atoms with Crippen LogP contribution >= 0.6 is 15.9 Å². The van der Waals surface area contributed by atoms with Crippen LogP contribution in [0.25, 0.3) is 0 Å². The standard InChI is InChI=1S/C34H29BrN2O4/c35-25-11-13-26(14-12-25)36-28-17-23(21-7-3-1-4-8-21)18-30(39)33(28)29(38)16-15-27-34-31(40)19-24(20-32(34)41-37-27)22-9-5-2-6-10-22/h1-14,23-24,38H,15-20H2. The van der Waals surface area contributed by atoms with Crippen LogP contribution in [0, 0.1) is 0 Å². The van der Waals surface area contributed by atoms with Gasteiger partial charge in [-0.25, -0.2) is 0 Å². The van der Waals surface area contributed by atoms with Gasteiger partial charge in [-0.1, -0.05) is 81.8 Å². The van der Waals surface area contributed by atoms with Gasteiger partial charge in [0.05, 0.1) is 28.2 Å². The van der Waals surface area contributed by atoms with Crippen LogP contribution in [-0.4, -0.2) is 27.5 Å². The predicted octanol–water partition coefficient (Wildman–Crippen LogP) is 8.01. The lowest BCUT2D eigenvalue weighted by Gasteiger charge is -2.26. The molecule has 2 aliphatic rings. The van der Waals surface area contributed by atoms with Crippen LogP contribution in [0.2, 0.25) is 0 Å². The van der Waals surface area contributed by atoms with Gasteiger partial charge in [-0.15, -0.1) is 0 Å². The van der Waals surface area contributed by atoms with Crippen molar-refractivity contribution in [1.82, 2.24) is 5.16 Å². The largest absolute Gasteiger partial charge is 0.511 e. The maximum absolute atomic E-state index is 13.5. The van der Waals surface area contributed by atoms with E-state index < -0.39 is 0 Å². The number of nitrogens with zero attached hydrogens (tertiary/aromatic N) is 2. The molecule has 6 nitrogen and oxygen atoms in total. The van der Waals surface area contributed by atoms with Gasteiger partial charge in [0.25, 0.3) is 0 Å². The Labute approximate surface area is 246 Å². The second-order valence-electron chi connectivity index (χ2n) is 10.7. The van der Waals surface area contributed by atoms with Gasteiger partial charge >= 0.3 is 0 Å². The summed E-state index contributed by atoms with van der Waals surface area (Å²) in [6.45, 7) is 0. The number of benzene rings is 3. The summed E-state index contributed by atoms with van der Waals surface area (Å²) in [6.07, 6.45) is 2.27. The Bertz CT molecular complexity index is 1640. The highest BCUT2D eigenvalue weighted by atomic mass is 79.9. The molecule has 4 aromatic rings. The minimum atomic E-state index is -0.137. The molecule has 3 aromatic carbocycles. The first-order chi connectivity index (χ1) is 20.0. The van der Waals surface area contributed by atoms with Gasteiger partial charge in [-0.2, -0.15) is 0 Å². The van der Waals surface area contributed by atoms with E-state index in [9.17, 15) is 14.7 Å². The first-order valence-electron chi connectivity index (χ1n) is 13.9. The number of rotatable bonds is 6. The summed E-state index contributed by atoms with van der Waals surface area (Å²) in [5.41, 5.74) is 4.78. The smallest absolute Gasteiger partial charge is 0.168 e. The van der Waals surface area contributed by atoms with Crippen LogP contribution in [0.3, 0.4) is 0 Å². The normalized spacial score (nSPS) is 21.1. The number of hydrogen-bond donors (Lipinski definition) is 1. The number of aromatic nitrogens is 1. The fraction of sp³-hybridized carbons (Fsp3) is 0.235. The summed E-state index contributed by atoms with van der Waals surface area (Å²) < 4.78 is 6.55. The Hall–Kier alpha value is -4.10. The van der Waals surface area contributed by atoms with Crippen LogP contribution in [0.15, 0.2) is 110 Å². The third kappa shape index (κ3) is 5.86. The van der Waals surface area contributed by atoms with Crippen molar-refractivity contribution >= 4 is 38.9 Å². The third-order valence-electron chi connectivity index (χ3n) is 7.93. The Balaban J connectivity index is 1.26. The number of ketones is 2. The van der Waals surface area contributed by atoms with Gasteiger partial charge in [0.2, 0.25) is 0 Å². The van der Waals surface area contributed by atoms with Gasteiger partial charge in [0, 0.05) is 36.6 Å². The Morgan fingerprint density at radius 3 is 2.10 bits per heavy atom. The molecule has 206 valence electrons. The van der Waals surface area contributed by atoms with Crippen molar-refractivity contribution in [2.45, 2.75) is 50.4 Å². The van der Waals surface area contributed by atoms with E-state index in [4.69, 9.17) is 9.52 Å². The summed E-state index contributed by atoms with van der Waals surface area (Å²) in [4.78, 5) is 31.5. The van der Waals surface area contributed by atoms with E-state index in [0.29, 0.717) is 54.1 Å². The molecule has 1 heterocycles. The molecule has 1 fully saturated rings. The van der Waals surface area contributed by atoms with E-state index in [-0.39, 0.29) is 47.6 Å². The number of halogens is 1. The first kappa shape index (κ1) is 27.1.